The van der Waals surface area contributed by atoms with Gasteiger partial charge in [-0.25, -0.2) is 0 Å². The molecule has 0 aliphatic rings. The Morgan fingerprint density at radius 3 is 2.67 bits per heavy atom. The van der Waals surface area contributed by atoms with E-state index in [9.17, 15) is 23.5 Å². The third-order valence-corrected chi connectivity index (χ3v) is 3.87. The fourth-order valence-corrected chi connectivity index (χ4v) is 2.17. The van der Waals surface area contributed by atoms with Crippen molar-refractivity contribution in [2.24, 2.45) is 0 Å². The van der Waals surface area contributed by atoms with Crippen LogP contribution in [0.25, 0.3) is 0 Å². The van der Waals surface area contributed by atoms with Gasteiger partial charge >= 0.3 is 11.7 Å². The van der Waals surface area contributed by atoms with E-state index in [1.54, 1.807) is 0 Å². The Kier molecular flexibility index (Phi) is 4.49. The van der Waals surface area contributed by atoms with Crippen LogP contribution in [0.15, 0.2) is 18.2 Å². The highest BCUT2D eigenvalue weighted by Gasteiger charge is 2.20. The van der Waals surface area contributed by atoms with E-state index in [0.29, 0.717) is 0 Å². The van der Waals surface area contributed by atoms with Gasteiger partial charge in [-0.1, -0.05) is 6.07 Å². The number of halogens is 1. The van der Waals surface area contributed by atoms with E-state index in [1.165, 1.54) is 13.0 Å². The number of hydrogen-bond donors (Lipinski definition) is 1. The molecule has 1 N–H and O–H groups in total. The quantitative estimate of drug-likeness (QED) is 0.648. The van der Waals surface area contributed by atoms with Crippen LogP contribution in [0.4, 0.5) is 10.1 Å². The normalized spacial score (nSPS) is 13.9. The van der Waals surface area contributed by atoms with Crippen LogP contribution in [0, 0.1) is 15.9 Å². The summed E-state index contributed by atoms with van der Waals surface area (Å²) < 4.78 is 24.8. The Labute approximate surface area is 104 Å². The van der Waals surface area contributed by atoms with Crippen LogP contribution >= 0.6 is 0 Å². The molecule has 18 heavy (non-hydrogen) atoms. The van der Waals surface area contributed by atoms with E-state index in [1.807, 2.05) is 0 Å². The first-order valence-electron chi connectivity index (χ1n) is 4.85. The minimum Gasteiger partial charge on any atom is -0.480 e. The molecule has 0 fully saturated rings. The highest BCUT2D eigenvalue weighted by Crippen LogP contribution is 2.19. The first-order valence-corrected chi connectivity index (χ1v) is 6.24. The van der Waals surface area contributed by atoms with Gasteiger partial charge in [0.05, 0.1) is 4.92 Å². The molecule has 2 unspecified atom stereocenters. The molecule has 1 rings (SSSR count). The molecule has 6 nitrogen and oxygen atoms in total. The van der Waals surface area contributed by atoms with Gasteiger partial charge in [0.15, 0.2) is 0 Å². The van der Waals surface area contributed by atoms with E-state index in [-0.39, 0.29) is 11.3 Å². The molecule has 2 atom stereocenters. The summed E-state index contributed by atoms with van der Waals surface area (Å²) in [5.74, 6) is -2.41. The van der Waals surface area contributed by atoms with Gasteiger partial charge in [-0.05, 0) is 18.6 Å². The lowest BCUT2D eigenvalue weighted by molar-refractivity contribution is -0.387. The number of nitro benzene ring substituents is 1. The number of rotatable bonds is 5. The summed E-state index contributed by atoms with van der Waals surface area (Å²) in [6.07, 6.45) is 0. The first-order chi connectivity index (χ1) is 8.32. The maximum Gasteiger partial charge on any atom is 0.318 e. The molecule has 0 aromatic heterocycles. The Morgan fingerprint density at radius 2 is 2.22 bits per heavy atom. The molecular formula is C10H10FNO5S. The number of benzene rings is 1. The summed E-state index contributed by atoms with van der Waals surface area (Å²) in [6.45, 7) is 1.28. The third-order valence-electron chi connectivity index (χ3n) is 2.26. The van der Waals surface area contributed by atoms with Crippen molar-refractivity contribution < 1.29 is 23.4 Å². The second-order valence-electron chi connectivity index (χ2n) is 3.55. The zero-order valence-electron chi connectivity index (χ0n) is 9.33. The summed E-state index contributed by atoms with van der Waals surface area (Å²) in [5.41, 5.74) is -0.416. The molecule has 1 aromatic rings. The van der Waals surface area contributed by atoms with Gasteiger partial charge in [0.2, 0.25) is 5.82 Å². The van der Waals surface area contributed by atoms with Gasteiger partial charge in [-0.2, -0.15) is 4.39 Å². The average molecular weight is 275 g/mol. The third kappa shape index (κ3) is 3.33. The molecule has 1 aromatic carbocycles. The van der Waals surface area contributed by atoms with Crippen molar-refractivity contribution in [2.45, 2.75) is 17.9 Å². The number of aliphatic carboxylic acids is 1. The molecule has 0 spiro atoms. The topological polar surface area (TPSA) is 97.5 Å². The van der Waals surface area contributed by atoms with Gasteiger partial charge in [0.1, 0.15) is 5.25 Å². The Hall–Kier alpha value is -1.83. The number of carboxylic acid groups (broad SMARTS) is 1. The second-order valence-corrected chi connectivity index (χ2v) is 5.31. The number of carboxylic acids is 1. The van der Waals surface area contributed by atoms with Crippen LogP contribution in [0.3, 0.4) is 0 Å². The largest absolute Gasteiger partial charge is 0.480 e. The minimum atomic E-state index is -1.71. The van der Waals surface area contributed by atoms with Gasteiger partial charge in [-0.15, -0.1) is 0 Å². The average Bonchev–Trinajstić information content (AvgIpc) is 2.27. The lowest BCUT2D eigenvalue weighted by Crippen LogP contribution is -2.22. The van der Waals surface area contributed by atoms with Gasteiger partial charge in [0, 0.05) is 22.6 Å². The maximum absolute atomic E-state index is 13.3. The predicted molar refractivity (Wildman–Crippen MR) is 62.0 cm³/mol. The summed E-state index contributed by atoms with van der Waals surface area (Å²) >= 11 is 0. The van der Waals surface area contributed by atoms with Crippen molar-refractivity contribution in [3.63, 3.8) is 0 Å². The molecular weight excluding hydrogens is 265 g/mol. The van der Waals surface area contributed by atoms with Crippen molar-refractivity contribution in [1.82, 2.24) is 0 Å². The SMILES string of the molecule is CC(C(=O)O)S(=O)Cc1ccc([N+](=O)[O-])c(F)c1. The molecule has 0 bridgehead atoms. The maximum atomic E-state index is 13.3. The number of nitro groups is 1. The van der Waals surface area contributed by atoms with Crippen molar-refractivity contribution in [2.75, 3.05) is 0 Å². The van der Waals surface area contributed by atoms with Gasteiger partial charge in [-0.3, -0.25) is 19.1 Å². The smallest absolute Gasteiger partial charge is 0.318 e. The Bertz CT molecular complexity index is 519. The number of hydrogen-bond acceptors (Lipinski definition) is 4. The molecule has 0 saturated carbocycles. The van der Waals surface area contributed by atoms with E-state index < -0.39 is 38.4 Å². The molecule has 0 radical (unpaired) electrons. The predicted octanol–water partition coefficient (Wildman–Crippen LogP) is 1.46. The molecule has 0 amide bonds. The van der Waals surface area contributed by atoms with Crippen molar-refractivity contribution in [1.29, 1.82) is 0 Å². The number of carbonyl (C=O) groups is 1. The summed E-state index contributed by atoms with van der Waals surface area (Å²) in [7, 11) is -1.71. The zero-order valence-corrected chi connectivity index (χ0v) is 10.1. The molecule has 0 saturated heterocycles. The second kappa shape index (κ2) is 5.67. The summed E-state index contributed by atoms with van der Waals surface area (Å²) in [5, 5.41) is 17.9. The van der Waals surface area contributed by atoms with Crippen LogP contribution in [0.5, 0.6) is 0 Å². The van der Waals surface area contributed by atoms with Crippen LogP contribution in [-0.4, -0.2) is 25.5 Å². The molecule has 0 aliphatic heterocycles. The molecule has 0 heterocycles. The van der Waals surface area contributed by atoms with Crippen LogP contribution in [-0.2, 0) is 21.3 Å². The standard InChI is InChI=1S/C10H10FNO5S/c1-6(10(13)14)18(17)5-7-2-3-9(12(15)16)8(11)4-7/h2-4,6H,5H2,1H3,(H,13,14). The van der Waals surface area contributed by atoms with Gasteiger partial charge in [0.25, 0.3) is 0 Å². The summed E-state index contributed by atoms with van der Waals surface area (Å²) in [4.78, 5) is 20.1. The lowest BCUT2D eigenvalue weighted by atomic mass is 10.2. The van der Waals surface area contributed by atoms with E-state index in [0.717, 1.165) is 12.1 Å². The minimum absolute atomic E-state index is 0.164. The fraction of sp³-hybridized carbons (Fsp3) is 0.300. The molecule has 98 valence electrons. The molecule has 8 heteroatoms. The Balaban J connectivity index is 2.87. The van der Waals surface area contributed by atoms with Gasteiger partial charge < -0.3 is 5.11 Å². The molecule has 0 aliphatic carbocycles. The van der Waals surface area contributed by atoms with E-state index in [4.69, 9.17) is 5.11 Å². The highest BCUT2D eigenvalue weighted by atomic mass is 32.2. The van der Waals surface area contributed by atoms with E-state index in [2.05, 4.69) is 0 Å². The first kappa shape index (κ1) is 14.2. The van der Waals surface area contributed by atoms with Crippen molar-refractivity contribution in [3.05, 3.63) is 39.7 Å². The monoisotopic (exact) mass is 275 g/mol. The highest BCUT2D eigenvalue weighted by molar-refractivity contribution is 7.85. The van der Waals surface area contributed by atoms with Crippen molar-refractivity contribution >= 4 is 22.5 Å². The van der Waals surface area contributed by atoms with Crippen LogP contribution in [0.2, 0.25) is 0 Å². The lowest BCUT2D eigenvalue weighted by Gasteiger charge is -2.06. The fourth-order valence-electron chi connectivity index (χ4n) is 1.19. The van der Waals surface area contributed by atoms with Crippen LogP contribution in [0.1, 0.15) is 12.5 Å². The number of nitrogens with zero attached hydrogens (tertiary/aromatic N) is 1. The summed E-state index contributed by atoms with van der Waals surface area (Å²) in [6, 6.07) is 3.12. The Morgan fingerprint density at radius 1 is 1.61 bits per heavy atom. The van der Waals surface area contributed by atoms with E-state index >= 15 is 0 Å². The van der Waals surface area contributed by atoms with Crippen LogP contribution < -0.4 is 0 Å². The van der Waals surface area contributed by atoms with Crippen molar-refractivity contribution in [3.8, 4) is 0 Å². The zero-order chi connectivity index (χ0) is 13.9.